The molecular formula is C23H25ClF4O4S2. The number of sulfone groups is 2. The van der Waals surface area contributed by atoms with Crippen molar-refractivity contribution in [3.05, 3.63) is 58.9 Å². The maximum atomic E-state index is 13.3. The van der Waals surface area contributed by atoms with Crippen LogP contribution in [0.15, 0.2) is 52.3 Å². The first-order chi connectivity index (χ1) is 15.6. The predicted octanol–water partition coefficient (Wildman–Crippen LogP) is 6.33. The molecule has 0 N–H and O–H groups in total. The average molecular weight is 541 g/mol. The Balaban J connectivity index is 1.59. The highest BCUT2D eigenvalue weighted by Crippen LogP contribution is 2.48. The Morgan fingerprint density at radius 1 is 0.971 bits per heavy atom. The lowest BCUT2D eigenvalue weighted by molar-refractivity contribution is -0.137. The largest absolute Gasteiger partial charge is 0.416 e. The van der Waals surface area contributed by atoms with Crippen LogP contribution in [0.3, 0.4) is 0 Å². The number of alkyl halides is 3. The van der Waals surface area contributed by atoms with Crippen LogP contribution < -0.4 is 0 Å². The van der Waals surface area contributed by atoms with Crippen molar-refractivity contribution < 1.29 is 34.4 Å². The van der Waals surface area contributed by atoms with E-state index < -0.39 is 42.0 Å². The van der Waals surface area contributed by atoms with Crippen molar-refractivity contribution in [3.63, 3.8) is 0 Å². The molecule has 1 aliphatic rings. The predicted molar refractivity (Wildman–Crippen MR) is 122 cm³/mol. The molecule has 2 aromatic rings. The third kappa shape index (κ3) is 5.44. The lowest BCUT2D eigenvalue weighted by Crippen LogP contribution is -2.46. The van der Waals surface area contributed by atoms with Crippen molar-refractivity contribution >= 4 is 31.3 Å². The van der Waals surface area contributed by atoms with E-state index in [0.717, 1.165) is 30.3 Å². The Labute approximate surface area is 202 Å². The summed E-state index contributed by atoms with van der Waals surface area (Å²) < 4.78 is 102. The zero-order valence-corrected chi connectivity index (χ0v) is 21.0. The molecule has 34 heavy (non-hydrogen) atoms. The Hall–Kier alpha value is -1.65. The fourth-order valence-electron chi connectivity index (χ4n) is 4.25. The molecule has 1 aliphatic carbocycles. The van der Waals surface area contributed by atoms with Crippen LogP contribution >= 0.6 is 11.6 Å². The Bertz CT molecular complexity index is 1270. The summed E-state index contributed by atoms with van der Waals surface area (Å²) in [4.78, 5) is -0.418. The van der Waals surface area contributed by atoms with Gasteiger partial charge in [-0.2, -0.15) is 13.2 Å². The number of benzene rings is 2. The van der Waals surface area contributed by atoms with Crippen molar-refractivity contribution in [1.82, 2.24) is 0 Å². The maximum Gasteiger partial charge on any atom is 0.416 e. The molecule has 0 aromatic heterocycles. The van der Waals surface area contributed by atoms with Gasteiger partial charge >= 0.3 is 6.18 Å². The second-order valence-corrected chi connectivity index (χ2v) is 14.3. The molecule has 0 spiro atoms. The standard InChI is InChI=1S/C23H25ClF4O4S2/c1-22(2,34(31,32)19-7-3-6-16(13-19)23(26,27)28)17-11-15(12-17)5-4-10-33(29,30)18-8-9-21(25)20(24)14-18/h3,6-9,13-15,17H,4-5,10-12H2,1-2H3. The van der Waals surface area contributed by atoms with Gasteiger partial charge in [0.05, 0.1) is 30.9 Å². The molecule has 0 heterocycles. The molecule has 0 amide bonds. The summed E-state index contributed by atoms with van der Waals surface area (Å²) >= 11 is 5.66. The molecule has 3 rings (SSSR count). The van der Waals surface area contributed by atoms with Crippen LogP contribution in [0.5, 0.6) is 0 Å². The third-order valence-corrected chi connectivity index (χ3v) is 11.3. The molecule has 0 radical (unpaired) electrons. The van der Waals surface area contributed by atoms with E-state index in [9.17, 15) is 34.4 Å². The monoisotopic (exact) mass is 540 g/mol. The molecule has 0 atom stereocenters. The van der Waals surface area contributed by atoms with Crippen molar-refractivity contribution in [2.75, 3.05) is 5.75 Å². The lowest BCUT2D eigenvalue weighted by Gasteiger charge is -2.45. The molecule has 1 saturated carbocycles. The zero-order chi connectivity index (χ0) is 25.5. The van der Waals surface area contributed by atoms with Gasteiger partial charge in [0.1, 0.15) is 5.82 Å². The van der Waals surface area contributed by atoms with E-state index in [2.05, 4.69) is 0 Å². The molecule has 11 heteroatoms. The zero-order valence-electron chi connectivity index (χ0n) is 18.6. The van der Waals surface area contributed by atoms with E-state index in [1.807, 2.05) is 0 Å². The van der Waals surface area contributed by atoms with E-state index in [-0.39, 0.29) is 32.4 Å². The number of hydrogen-bond acceptors (Lipinski definition) is 4. The van der Waals surface area contributed by atoms with Crippen LogP contribution in [0.25, 0.3) is 0 Å². The van der Waals surface area contributed by atoms with Crippen molar-refractivity contribution in [3.8, 4) is 0 Å². The second-order valence-electron chi connectivity index (χ2n) is 9.20. The average Bonchev–Trinajstić information content (AvgIpc) is 2.70. The van der Waals surface area contributed by atoms with E-state index in [1.165, 1.54) is 19.9 Å². The summed E-state index contributed by atoms with van der Waals surface area (Å²) in [5.41, 5.74) is -1.01. The van der Waals surface area contributed by atoms with E-state index >= 15 is 0 Å². The second kappa shape index (κ2) is 9.43. The van der Waals surface area contributed by atoms with Gasteiger partial charge in [-0.25, -0.2) is 21.2 Å². The minimum atomic E-state index is -4.64. The van der Waals surface area contributed by atoms with Gasteiger partial charge in [-0.05, 0) is 87.8 Å². The molecular weight excluding hydrogens is 516 g/mol. The highest BCUT2D eigenvalue weighted by Gasteiger charge is 2.48. The van der Waals surface area contributed by atoms with Gasteiger partial charge in [-0.15, -0.1) is 0 Å². The summed E-state index contributed by atoms with van der Waals surface area (Å²) in [5, 5.41) is -0.271. The first-order valence-corrected chi connectivity index (χ1v) is 14.2. The van der Waals surface area contributed by atoms with Crippen LogP contribution in [-0.4, -0.2) is 27.3 Å². The molecule has 2 aromatic carbocycles. The Kier molecular flexibility index (Phi) is 7.47. The van der Waals surface area contributed by atoms with Crippen molar-refractivity contribution in [2.45, 2.75) is 60.2 Å². The SMILES string of the molecule is CC(C)(C1CC(CCCS(=O)(=O)c2ccc(F)c(Cl)c2)C1)S(=O)(=O)c1cccc(C(F)(F)F)c1. The summed E-state index contributed by atoms with van der Waals surface area (Å²) in [6, 6.07) is 7.00. The molecule has 0 aliphatic heterocycles. The molecule has 188 valence electrons. The highest BCUT2D eigenvalue weighted by atomic mass is 35.5. The quantitative estimate of drug-likeness (QED) is 0.290. The fourth-order valence-corrected chi connectivity index (χ4v) is 7.63. The van der Waals surface area contributed by atoms with Crippen molar-refractivity contribution in [2.24, 2.45) is 11.8 Å². The highest BCUT2D eigenvalue weighted by molar-refractivity contribution is 7.92. The lowest BCUT2D eigenvalue weighted by atomic mass is 9.67. The summed E-state index contributed by atoms with van der Waals surface area (Å²) in [6.07, 6.45) is -2.67. The summed E-state index contributed by atoms with van der Waals surface area (Å²) in [7, 11) is -7.67. The van der Waals surface area contributed by atoms with E-state index in [0.29, 0.717) is 31.7 Å². The minimum absolute atomic E-state index is 0.0568. The smallest absolute Gasteiger partial charge is 0.224 e. The molecule has 0 saturated heterocycles. The molecule has 0 bridgehead atoms. The van der Waals surface area contributed by atoms with Gasteiger partial charge in [0.15, 0.2) is 19.7 Å². The van der Waals surface area contributed by atoms with Gasteiger partial charge in [-0.3, -0.25) is 0 Å². The maximum absolute atomic E-state index is 13.3. The van der Waals surface area contributed by atoms with E-state index in [1.54, 1.807) is 0 Å². The van der Waals surface area contributed by atoms with Gasteiger partial charge < -0.3 is 0 Å². The fraction of sp³-hybridized carbons (Fsp3) is 0.478. The Morgan fingerprint density at radius 2 is 1.62 bits per heavy atom. The van der Waals surface area contributed by atoms with Gasteiger partial charge in [0, 0.05) is 0 Å². The first-order valence-electron chi connectivity index (χ1n) is 10.7. The topological polar surface area (TPSA) is 68.3 Å². The van der Waals surface area contributed by atoms with Crippen LogP contribution in [0, 0.1) is 17.7 Å². The van der Waals surface area contributed by atoms with Gasteiger partial charge in [0.25, 0.3) is 0 Å². The third-order valence-electron chi connectivity index (χ3n) is 6.66. The molecule has 1 fully saturated rings. The number of rotatable bonds is 8. The summed E-state index contributed by atoms with van der Waals surface area (Å²) in [5.74, 6) is -0.997. The Morgan fingerprint density at radius 3 is 2.21 bits per heavy atom. The first kappa shape index (κ1) is 26.9. The minimum Gasteiger partial charge on any atom is -0.224 e. The van der Waals surface area contributed by atoms with E-state index in [4.69, 9.17) is 11.6 Å². The van der Waals surface area contributed by atoms with Gasteiger partial charge in [0.2, 0.25) is 0 Å². The van der Waals surface area contributed by atoms with Crippen LogP contribution in [0.1, 0.15) is 45.1 Å². The molecule has 4 nitrogen and oxygen atoms in total. The van der Waals surface area contributed by atoms with Gasteiger partial charge in [-0.1, -0.05) is 17.7 Å². The van der Waals surface area contributed by atoms with Crippen molar-refractivity contribution in [1.29, 1.82) is 0 Å². The normalized spacial score (nSPS) is 19.6. The summed E-state index contributed by atoms with van der Waals surface area (Å²) in [6.45, 7) is 3.04. The molecule has 0 unspecified atom stereocenters. The van der Waals surface area contributed by atoms with Crippen LogP contribution in [-0.2, 0) is 25.9 Å². The van der Waals surface area contributed by atoms with Crippen LogP contribution in [0.2, 0.25) is 5.02 Å². The number of hydrogen-bond donors (Lipinski definition) is 0. The van der Waals surface area contributed by atoms with Crippen LogP contribution in [0.4, 0.5) is 17.6 Å². The number of halogens is 5.